The first kappa shape index (κ1) is 16.6. The molecule has 0 saturated carbocycles. The minimum atomic E-state index is -0.0254. The van der Waals surface area contributed by atoms with Crippen molar-refractivity contribution in [2.75, 3.05) is 13.1 Å². The standard InChI is InChI=1S/C21H23ClN2O/c22-18-8-4-5-16(13-18)15-24-11-9-21(10-12-24)14-19(20(25)23-21)17-6-2-1-3-7-17/h1-8,13,19H,9-12,14-15H2,(H,23,25). The molecule has 2 aliphatic heterocycles. The van der Waals surface area contributed by atoms with Gasteiger partial charge in [0.1, 0.15) is 0 Å². The smallest absolute Gasteiger partial charge is 0.228 e. The molecule has 2 aromatic carbocycles. The van der Waals surface area contributed by atoms with Crippen LogP contribution in [0.5, 0.6) is 0 Å². The van der Waals surface area contributed by atoms with E-state index in [2.05, 4.69) is 28.4 Å². The summed E-state index contributed by atoms with van der Waals surface area (Å²) in [6.07, 6.45) is 2.95. The lowest BCUT2D eigenvalue weighted by molar-refractivity contribution is -0.121. The highest BCUT2D eigenvalue weighted by Crippen LogP contribution is 2.39. The molecular formula is C21H23ClN2O. The molecule has 2 heterocycles. The lowest BCUT2D eigenvalue weighted by Gasteiger charge is -2.39. The molecule has 2 saturated heterocycles. The number of benzene rings is 2. The van der Waals surface area contributed by atoms with Gasteiger partial charge in [0.25, 0.3) is 0 Å². The van der Waals surface area contributed by atoms with E-state index in [9.17, 15) is 4.79 Å². The molecule has 1 atom stereocenters. The summed E-state index contributed by atoms with van der Waals surface area (Å²) in [4.78, 5) is 15.0. The molecule has 0 bridgehead atoms. The third-order valence-electron chi connectivity index (χ3n) is 5.61. The minimum Gasteiger partial charge on any atom is -0.350 e. The summed E-state index contributed by atoms with van der Waals surface area (Å²) in [6, 6.07) is 18.2. The summed E-state index contributed by atoms with van der Waals surface area (Å²) in [5.74, 6) is 0.190. The van der Waals surface area contributed by atoms with Crippen LogP contribution in [0.15, 0.2) is 54.6 Å². The Balaban J connectivity index is 1.39. The molecule has 1 N–H and O–H groups in total. The highest BCUT2D eigenvalue weighted by molar-refractivity contribution is 6.30. The molecule has 25 heavy (non-hydrogen) atoms. The van der Waals surface area contributed by atoms with Gasteiger partial charge < -0.3 is 5.32 Å². The van der Waals surface area contributed by atoms with E-state index in [0.717, 1.165) is 49.5 Å². The lowest BCUT2D eigenvalue weighted by atomic mass is 9.82. The van der Waals surface area contributed by atoms with E-state index in [0.29, 0.717) is 0 Å². The average Bonchev–Trinajstić information content (AvgIpc) is 2.94. The number of nitrogens with one attached hydrogen (secondary N) is 1. The van der Waals surface area contributed by atoms with Crippen molar-refractivity contribution in [3.8, 4) is 0 Å². The lowest BCUT2D eigenvalue weighted by Crippen LogP contribution is -2.50. The SMILES string of the molecule is O=C1NC2(CCN(Cc3cccc(Cl)c3)CC2)CC1c1ccccc1. The Labute approximate surface area is 154 Å². The maximum Gasteiger partial charge on any atom is 0.228 e. The minimum absolute atomic E-state index is 0.000630. The van der Waals surface area contributed by atoms with Crippen LogP contribution in [-0.4, -0.2) is 29.4 Å². The molecule has 4 heteroatoms. The first-order valence-electron chi connectivity index (χ1n) is 8.97. The van der Waals surface area contributed by atoms with Gasteiger partial charge in [-0.1, -0.05) is 54.1 Å². The molecule has 1 unspecified atom stereocenters. The van der Waals surface area contributed by atoms with Crippen molar-refractivity contribution < 1.29 is 4.79 Å². The van der Waals surface area contributed by atoms with Gasteiger partial charge in [-0.3, -0.25) is 9.69 Å². The third kappa shape index (κ3) is 3.58. The number of nitrogens with zero attached hydrogens (tertiary/aromatic N) is 1. The van der Waals surface area contributed by atoms with Crippen molar-refractivity contribution in [2.24, 2.45) is 0 Å². The van der Waals surface area contributed by atoms with E-state index in [4.69, 9.17) is 11.6 Å². The van der Waals surface area contributed by atoms with Gasteiger partial charge >= 0.3 is 0 Å². The maximum absolute atomic E-state index is 12.5. The fraction of sp³-hybridized carbons (Fsp3) is 0.381. The van der Waals surface area contributed by atoms with Crippen molar-refractivity contribution in [3.63, 3.8) is 0 Å². The summed E-state index contributed by atoms with van der Waals surface area (Å²) in [5.41, 5.74) is 2.36. The molecule has 1 spiro atoms. The zero-order valence-corrected chi connectivity index (χ0v) is 15.0. The van der Waals surface area contributed by atoms with Gasteiger partial charge in [0.2, 0.25) is 5.91 Å². The fourth-order valence-corrected chi connectivity index (χ4v) is 4.41. The van der Waals surface area contributed by atoms with Gasteiger partial charge in [-0.25, -0.2) is 0 Å². The first-order valence-corrected chi connectivity index (χ1v) is 9.35. The highest BCUT2D eigenvalue weighted by Gasteiger charge is 2.45. The molecule has 2 aliphatic rings. The molecule has 3 nitrogen and oxygen atoms in total. The number of halogens is 1. The van der Waals surface area contributed by atoms with Crippen LogP contribution in [0.2, 0.25) is 5.02 Å². The molecule has 130 valence electrons. The zero-order chi connectivity index (χ0) is 17.3. The van der Waals surface area contributed by atoms with E-state index in [1.807, 2.05) is 36.4 Å². The number of hydrogen-bond acceptors (Lipinski definition) is 2. The normalized spacial score (nSPS) is 22.9. The van der Waals surface area contributed by atoms with Crippen LogP contribution < -0.4 is 5.32 Å². The molecule has 0 aromatic heterocycles. The van der Waals surface area contributed by atoms with Crippen molar-refractivity contribution in [3.05, 3.63) is 70.7 Å². The van der Waals surface area contributed by atoms with Crippen LogP contribution in [0.1, 0.15) is 36.3 Å². The van der Waals surface area contributed by atoms with E-state index in [1.54, 1.807) is 0 Å². The number of carbonyl (C=O) groups is 1. The highest BCUT2D eigenvalue weighted by atomic mass is 35.5. The summed E-state index contributed by atoms with van der Waals surface area (Å²) in [6.45, 7) is 2.94. The van der Waals surface area contributed by atoms with Gasteiger partial charge in [0.05, 0.1) is 5.92 Å². The molecule has 0 radical (unpaired) electrons. The van der Waals surface area contributed by atoms with E-state index in [-0.39, 0.29) is 17.4 Å². The second-order valence-corrected chi connectivity index (χ2v) is 7.78. The predicted octanol–water partition coefficient (Wildman–Crippen LogP) is 3.98. The Bertz CT molecular complexity index is 754. The van der Waals surface area contributed by atoms with Crippen LogP contribution in [0.3, 0.4) is 0 Å². The summed E-state index contributed by atoms with van der Waals surface area (Å²) < 4.78 is 0. The second kappa shape index (κ2) is 6.81. The number of amides is 1. The van der Waals surface area contributed by atoms with Gasteiger partial charge in [-0.05, 0) is 42.5 Å². The van der Waals surface area contributed by atoms with Gasteiger partial charge in [0, 0.05) is 30.2 Å². The quantitative estimate of drug-likeness (QED) is 0.904. The third-order valence-corrected chi connectivity index (χ3v) is 5.85. The van der Waals surface area contributed by atoms with Crippen molar-refractivity contribution in [1.82, 2.24) is 10.2 Å². The predicted molar refractivity (Wildman–Crippen MR) is 101 cm³/mol. The van der Waals surface area contributed by atoms with Gasteiger partial charge in [-0.2, -0.15) is 0 Å². The van der Waals surface area contributed by atoms with Crippen LogP contribution in [-0.2, 0) is 11.3 Å². The van der Waals surface area contributed by atoms with E-state index < -0.39 is 0 Å². The topological polar surface area (TPSA) is 32.3 Å². The van der Waals surface area contributed by atoms with Crippen LogP contribution >= 0.6 is 11.6 Å². The number of piperidine rings is 1. The number of carbonyl (C=O) groups excluding carboxylic acids is 1. The Kier molecular flexibility index (Phi) is 4.53. The molecule has 0 aliphatic carbocycles. The number of hydrogen-bond donors (Lipinski definition) is 1. The maximum atomic E-state index is 12.5. The largest absolute Gasteiger partial charge is 0.350 e. The molecule has 2 aromatic rings. The fourth-order valence-electron chi connectivity index (χ4n) is 4.20. The van der Waals surface area contributed by atoms with Crippen LogP contribution in [0.25, 0.3) is 0 Å². The van der Waals surface area contributed by atoms with Crippen molar-refractivity contribution in [2.45, 2.75) is 37.3 Å². The molecule has 2 fully saturated rings. The average molecular weight is 355 g/mol. The summed E-state index contributed by atoms with van der Waals surface area (Å²) in [5, 5.41) is 4.12. The zero-order valence-electron chi connectivity index (χ0n) is 14.2. The monoisotopic (exact) mass is 354 g/mol. The first-order chi connectivity index (χ1) is 12.1. The Hall–Kier alpha value is -1.84. The van der Waals surface area contributed by atoms with Gasteiger partial charge in [-0.15, -0.1) is 0 Å². The Morgan fingerprint density at radius 2 is 1.84 bits per heavy atom. The van der Waals surface area contributed by atoms with E-state index in [1.165, 1.54) is 5.56 Å². The van der Waals surface area contributed by atoms with Crippen LogP contribution in [0.4, 0.5) is 0 Å². The van der Waals surface area contributed by atoms with Crippen LogP contribution in [0, 0.1) is 0 Å². The number of likely N-dealkylation sites (tertiary alicyclic amines) is 1. The summed E-state index contributed by atoms with van der Waals surface area (Å²) in [7, 11) is 0. The molecular weight excluding hydrogens is 332 g/mol. The Morgan fingerprint density at radius 3 is 2.56 bits per heavy atom. The number of rotatable bonds is 3. The molecule has 4 rings (SSSR count). The van der Waals surface area contributed by atoms with Crippen molar-refractivity contribution >= 4 is 17.5 Å². The van der Waals surface area contributed by atoms with Gasteiger partial charge in [0.15, 0.2) is 0 Å². The molecule has 1 amide bonds. The second-order valence-electron chi connectivity index (χ2n) is 7.34. The van der Waals surface area contributed by atoms with Crippen molar-refractivity contribution in [1.29, 1.82) is 0 Å². The van der Waals surface area contributed by atoms with E-state index >= 15 is 0 Å². The summed E-state index contributed by atoms with van der Waals surface area (Å²) >= 11 is 6.09. The Morgan fingerprint density at radius 1 is 1.08 bits per heavy atom.